The van der Waals surface area contributed by atoms with Gasteiger partial charge in [0.15, 0.2) is 0 Å². The van der Waals surface area contributed by atoms with Crippen LogP contribution in [0.4, 0.5) is 4.39 Å². The minimum atomic E-state index is -1.02. The van der Waals surface area contributed by atoms with E-state index in [2.05, 4.69) is 0 Å². The van der Waals surface area contributed by atoms with E-state index in [4.69, 9.17) is 16.7 Å². The maximum absolute atomic E-state index is 13.3. The number of benzene rings is 1. The van der Waals surface area contributed by atoms with Crippen molar-refractivity contribution in [3.8, 4) is 0 Å². The zero-order valence-electron chi connectivity index (χ0n) is 7.63. The molecule has 0 aromatic heterocycles. The lowest BCUT2D eigenvalue weighted by molar-refractivity contribution is -0.138. The Bertz CT molecular complexity index is 352. The van der Waals surface area contributed by atoms with Crippen LogP contribution in [0.3, 0.4) is 0 Å². The van der Waals surface area contributed by atoms with Crippen LogP contribution in [0.25, 0.3) is 0 Å². The van der Waals surface area contributed by atoms with Gasteiger partial charge in [0, 0.05) is 10.6 Å². The van der Waals surface area contributed by atoms with Crippen LogP contribution < -0.4 is 0 Å². The van der Waals surface area contributed by atoms with E-state index in [1.165, 1.54) is 12.1 Å². The van der Waals surface area contributed by atoms with Crippen LogP contribution in [-0.2, 0) is 4.79 Å². The van der Waals surface area contributed by atoms with E-state index in [1.807, 2.05) is 0 Å². The number of hydrogen-bond donors (Lipinski definition) is 1. The molecular weight excluding hydrogens is 207 g/mol. The highest BCUT2D eigenvalue weighted by atomic mass is 35.5. The molecule has 1 aromatic rings. The number of carboxylic acids is 1. The maximum atomic E-state index is 13.3. The van der Waals surface area contributed by atoms with Gasteiger partial charge >= 0.3 is 5.97 Å². The molecule has 1 rings (SSSR count). The highest BCUT2D eigenvalue weighted by Crippen LogP contribution is 2.24. The summed E-state index contributed by atoms with van der Waals surface area (Å²) in [4.78, 5) is 10.8. The van der Waals surface area contributed by atoms with Gasteiger partial charge in [0.1, 0.15) is 5.82 Å². The van der Waals surface area contributed by atoms with Gasteiger partial charge in [-0.2, -0.15) is 0 Å². The summed E-state index contributed by atoms with van der Waals surface area (Å²) in [5, 5.41) is 9.09. The van der Waals surface area contributed by atoms with Crippen LogP contribution >= 0.6 is 11.6 Å². The molecule has 4 heteroatoms. The maximum Gasteiger partial charge on any atom is 0.311 e. The fourth-order valence-corrected chi connectivity index (χ4v) is 1.47. The second kappa shape index (κ2) is 4.42. The van der Waals surface area contributed by atoms with Gasteiger partial charge in [-0.05, 0) is 18.6 Å². The number of carbonyl (C=O) groups is 1. The van der Waals surface area contributed by atoms with Crippen molar-refractivity contribution in [2.75, 3.05) is 0 Å². The summed E-state index contributed by atoms with van der Waals surface area (Å²) in [5.74, 6) is -2.38. The van der Waals surface area contributed by atoms with Crippen LogP contribution in [0.15, 0.2) is 18.2 Å². The van der Waals surface area contributed by atoms with Gasteiger partial charge in [0.2, 0.25) is 0 Å². The quantitative estimate of drug-likeness (QED) is 0.843. The first kappa shape index (κ1) is 11.0. The predicted octanol–water partition coefficient (Wildman–Crippen LogP) is 3.06. The van der Waals surface area contributed by atoms with Crippen LogP contribution in [0.1, 0.15) is 24.8 Å². The number of rotatable bonds is 3. The Hall–Kier alpha value is -1.09. The highest BCUT2D eigenvalue weighted by molar-refractivity contribution is 6.30. The molecular formula is C10H10ClFO2. The molecule has 0 radical (unpaired) electrons. The average Bonchev–Trinajstić information content (AvgIpc) is 2.09. The Kier molecular flexibility index (Phi) is 3.47. The number of halogens is 2. The van der Waals surface area contributed by atoms with Crippen LogP contribution in [0, 0.1) is 5.82 Å². The lowest BCUT2D eigenvalue weighted by atomic mass is 9.96. The molecule has 1 atom stereocenters. The summed E-state index contributed by atoms with van der Waals surface area (Å²) in [5.41, 5.74) is 0.185. The van der Waals surface area contributed by atoms with Gasteiger partial charge in [-0.1, -0.05) is 24.6 Å². The molecule has 2 nitrogen and oxygen atoms in total. The third-order valence-corrected chi connectivity index (χ3v) is 2.28. The third kappa shape index (κ3) is 2.23. The first-order valence-electron chi connectivity index (χ1n) is 4.24. The van der Waals surface area contributed by atoms with E-state index in [0.29, 0.717) is 6.42 Å². The average molecular weight is 217 g/mol. The van der Waals surface area contributed by atoms with Crippen molar-refractivity contribution in [1.82, 2.24) is 0 Å². The second-order valence-corrected chi connectivity index (χ2v) is 3.40. The molecule has 0 heterocycles. The van der Waals surface area contributed by atoms with Crippen LogP contribution in [-0.4, -0.2) is 11.1 Å². The molecule has 1 aromatic carbocycles. The molecule has 0 aliphatic heterocycles. The summed E-state index contributed by atoms with van der Waals surface area (Å²) in [6.45, 7) is 1.70. The number of carboxylic acid groups (broad SMARTS) is 1. The number of aliphatic carboxylic acids is 1. The van der Waals surface area contributed by atoms with Gasteiger partial charge in [-0.25, -0.2) is 4.39 Å². The zero-order valence-corrected chi connectivity index (χ0v) is 8.38. The standard InChI is InChI=1S/C10H10ClFO2/c1-2-7(10(13)14)8-4-3-6(11)5-9(8)12/h3-5,7H,2H2,1H3,(H,13,14). The van der Waals surface area contributed by atoms with Crippen molar-refractivity contribution in [3.63, 3.8) is 0 Å². The third-order valence-electron chi connectivity index (χ3n) is 2.04. The summed E-state index contributed by atoms with van der Waals surface area (Å²) in [7, 11) is 0. The highest BCUT2D eigenvalue weighted by Gasteiger charge is 2.20. The minimum absolute atomic E-state index is 0.185. The zero-order chi connectivity index (χ0) is 10.7. The van der Waals surface area contributed by atoms with Crippen molar-refractivity contribution in [2.45, 2.75) is 19.3 Å². The Morgan fingerprint density at radius 2 is 2.29 bits per heavy atom. The summed E-state index contributed by atoms with van der Waals surface area (Å²) in [6.07, 6.45) is 0.355. The summed E-state index contributed by atoms with van der Waals surface area (Å²) >= 11 is 5.56. The first-order chi connectivity index (χ1) is 6.56. The number of hydrogen-bond acceptors (Lipinski definition) is 1. The van der Waals surface area contributed by atoms with Gasteiger partial charge in [-0.3, -0.25) is 4.79 Å². The lowest BCUT2D eigenvalue weighted by Crippen LogP contribution is -2.12. The van der Waals surface area contributed by atoms with E-state index >= 15 is 0 Å². The van der Waals surface area contributed by atoms with Gasteiger partial charge in [0.05, 0.1) is 5.92 Å². The summed E-state index contributed by atoms with van der Waals surface area (Å²) < 4.78 is 13.3. The Morgan fingerprint density at radius 3 is 2.71 bits per heavy atom. The largest absolute Gasteiger partial charge is 0.481 e. The molecule has 0 aliphatic carbocycles. The molecule has 0 saturated carbocycles. The normalized spacial score (nSPS) is 12.5. The Morgan fingerprint density at radius 1 is 1.64 bits per heavy atom. The molecule has 0 bridgehead atoms. The van der Waals surface area contributed by atoms with Gasteiger partial charge < -0.3 is 5.11 Å². The first-order valence-corrected chi connectivity index (χ1v) is 4.61. The van der Waals surface area contributed by atoms with E-state index < -0.39 is 17.7 Å². The Labute approximate surface area is 86.3 Å². The fourth-order valence-electron chi connectivity index (χ4n) is 1.31. The molecule has 76 valence electrons. The van der Waals surface area contributed by atoms with Crippen molar-refractivity contribution < 1.29 is 14.3 Å². The molecule has 14 heavy (non-hydrogen) atoms. The smallest absolute Gasteiger partial charge is 0.311 e. The van der Waals surface area contributed by atoms with E-state index in [9.17, 15) is 9.18 Å². The molecule has 0 spiro atoms. The molecule has 1 N–H and O–H groups in total. The second-order valence-electron chi connectivity index (χ2n) is 2.96. The van der Waals surface area contributed by atoms with E-state index in [-0.39, 0.29) is 10.6 Å². The molecule has 0 saturated heterocycles. The fraction of sp³-hybridized carbons (Fsp3) is 0.300. The van der Waals surface area contributed by atoms with Crippen LogP contribution in [0.5, 0.6) is 0 Å². The van der Waals surface area contributed by atoms with Gasteiger partial charge in [-0.15, -0.1) is 0 Å². The molecule has 0 amide bonds. The molecule has 0 fully saturated rings. The van der Waals surface area contributed by atoms with Crippen molar-refractivity contribution in [1.29, 1.82) is 0 Å². The minimum Gasteiger partial charge on any atom is -0.481 e. The Balaban J connectivity index is 3.10. The molecule has 1 unspecified atom stereocenters. The van der Waals surface area contributed by atoms with E-state index in [1.54, 1.807) is 6.92 Å². The van der Waals surface area contributed by atoms with Gasteiger partial charge in [0.25, 0.3) is 0 Å². The van der Waals surface area contributed by atoms with Crippen molar-refractivity contribution >= 4 is 17.6 Å². The summed E-state index contributed by atoms with van der Waals surface area (Å²) in [6, 6.07) is 4.04. The lowest BCUT2D eigenvalue weighted by Gasteiger charge is -2.10. The van der Waals surface area contributed by atoms with E-state index in [0.717, 1.165) is 6.07 Å². The molecule has 0 aliphatic rings. The van der Waals surface area contributed by atoms with Crippen molar-refractivity contribution in [3.05, 3.63) is 34.6 Å². The van der Waals surface area contributed by atoms with Crippen molar-refractivity contribution in [2.24, 2.45) is 0 Å². The van der Waals surface area contributed by atoms with Crippen LogP contribution in [0.2, 0.25) is 5.02 Å². The predicted molar refractivity (Wildman–Crippen MR) is 52.1 cm³/mol. The SMILES string of the molecule is CCC(C(=O)O)c1ccc(Cl)cc1F. The monoisotopic (exact) mass is 216 g/mol. The topological polar surface area (TPSA) is 37.3 Å².